The van der Waals surface area contributed by atoms with Crippen LogP contribution < -0.4 is 19.1 Å². The molecule has 0 aliphatic carbocycles. The summed E-state index contributed by atoms with van der Waals surface area (Å²) in [5, 5.41) is 2.75. The van der Waals surface area contributed by atoms with Gasteiger partial charge in [0.2, 0.25) is 15.9 Å². The molecule has 0 aliphatic heterocycles. The number of sulfonamides is 1. The van der Waals surface area contributed by atoms with E-state index in [2.05, 4.69) is 5.32 Å². The standard InChI is InChI=1S/C19H24N2O5S/c1-5-26-18-9-7-6-8-17(18)20-19(22)14(2)21(27(4,23)24)15-10-12-16(25-3)13-11-15/h6-14H,5H2,1-4H3,(H,20,22)/t14-/m1/s1. The van der Waals surface area contributed by atoms with Crippen LogP contribution >= 0.6 is 0 Å². The summed E-state index contributed by atoms with van der Waals surface area (Å²) in [5.41, 5.74) is 0.860. The summed E-state index contributed by atoms with van der Waals surface area (Å²) < 4.78 is 36.4. The van der Waals surface area contributed by atoms with Crippen LogP contribution in [0.3, 0.4) is 0 Å². The topological polar surface area (TPSA) is 84.9 Å². The molecule has 0 fully saturated rings. The summed E-state index contributed by atoms with van der Waals surface area (Å²) in [6.07, 6.45) is 1.06. The third kappa shape index (κ3) is 5.13. The second kappa shape index (κ2) is 8.77. The highest BCUT2D eigenvalue weighted by Gasteiger charge is 2.29. The number of nitrogens with zero attached hydrogens (tertiary/aromatic N) is 1. The molecule has 7 nitrogen and oxygen atoms in total. The molecule has 146 valence electrons. The predicted octanol–water partition coefficient (Wildman–Crippen LogP) is 2.89. The van der Waals surface area contributed by atoms with E-state index in [0.29, 0.717) is 29.5 Å². The molecule has 0 unspecified atom stereocenters. The van der Waals surface area contributed by atoms with Gasteiger partial charge in [0.15, 0.2) is 0 Å². The fourth-order valence-corrected chi connectivity index (χ4v) is 3.80. The van der Waals surface area contributed by atoms with Crippen molar-refractivity contribution in [2.24, 2.45) is 0 Å². The predicted molar refractivity (Wildman–Crippen MR) is 106 cm³/mol. The number of rotatable bonds is 8. The Morgan fingerprint density at radius 1 is 1.15 bits per heavy atom. The first-order valence-corrected chi connectivity index (χ1v) is 10.3. The Labute approximate surface area is 160 Å². The molecule has 2 aromatic rings. The normalized spacial score (nSPS) is 12.1. The maximum atomic E-state index is 12.8. The SMILES string of the molecule is CCOc1ccccc1NC(=O)[C@@H](C)N(c1ccc(OC)cc1)S(C)(=O)=O. The van der Waals surface area contributed by atoms with Gasteiger partial charge in [-0.2, -0.15) is 0 Å². The van der Waals surface area contributed by atoms with Crippen molar-refractivity contribution in [1.29, 1.82) is 0 Å². The summed E-state index contributed by atoms with van der Waals surface area (Å²) in [5.74, 6) is 0.647. The molecule has 2 aromatic carbocycles. The van der Waals surface area contributed by atoms with E-state index >= 15 is 0 Å². The number of anilines is 2. The van der Waals surface area contributed by atoms with Crippen molar-refractivity contribution in [3.8, 4) is 11.5 Å². The fraction of sp³-hybridized carbons (Fsp3) is 0.316. The van der Waals surface area contributed by atoms with Gasteiger partial charge in [0.1, 0.15) is 17.5 Å². The number of nitrogens with one attached hydrogen (secondary N) is 1. The Morgan fingerprint density at radius 2 is 1.78 bits per heavy atom. The van der Waals surface area contributed by atoms with Gasteiger partial charge < -0.3 is 14.8 Å². The zero-order chi connectivity index (χ0) is 20.0. The Bertz CT molecular complexity index is 881. The minimum absolute atomic E-state index is 0.374. The van der Waals surface area contributed by atoms with E-state index in [1.165, 1.54) is 14.0 Å². The number of methoxy groups -OCH3 is 1. The van der Waals surface area contributed by atoms with Crippen LogP contribution in [0.1, 0.15) is 13.8 Å². The minimum atomic E-state index is -3.69. The van der Waals surface area contributed by atoms with Crippen molar-refractivity contribution in [2.45, 2.75) is 19.9 Å². The number of hydrogen-bond donors (Lipinski definition) is 1. The van der Waals surface area contributed by atoms with Crippen LogP contribution in [-0.2, 0) is 14.8 Å². The molecule has 0 aliphatic rings. The molecule has 0 aromatic heterocycles. The molecular formula is C19H24N2O5S. The van der Waals surface area contributed by atoms with Gasteiger partial charge in [-0.05, 0) is 50.2 Å². The molecule has 0 saturated carbocycles. The highest BCUT2D eigenvalue weighted by Crippen LogP contribution is 2.27. The van der Waals surface area contributed by atoms with Crippen LogP contribution in [-0.4, -0.2) is 40.3 Å². The molecule has 0 radical (unpaired) electrons. The molecule has 0 spiro atoms. The number of amides is 1. The molecule has 0 saturated heterocycles. The van der Waals surface area contributed by atoms with E-state index in [9.17, 15) is 13.2 Å². The minimum Gasteiger partial charge on any atom is -0.497 e. The van der Waals surface area contributed by atoms with Gasteiger partial charge in [-0.1, -0.05) is 12.1 Å². The van der Waals surface area contributed by atoms with Crippen molar-refractivity contribution >= 4 is 27.3 Å². The summed E-state index contributed by atoms with van der Waals surface area (Å²) in [4.78, 5) is 12.8. The number of ether oxygens (including phenoxy) is 2. The average Bonchev–Trinajstić information content (AvgIpc) is 2.63. The Morgan fingerprint density at radius 3 is 2.33 bits per heavy atom. The van der Waals surface area contributed by atoms with Gasteiger partial charge in [-0.3, -0.25) is 9.10 Å². The second-order valence-corrected chi connectivity index (χ2v) is 7.71. The smallest absolute Gasteiger partial charge is 0.248 e. The van der Waals surface area contributed by atoms with Gasteiger partial charge in [-0.25, -0.2) is 8.42 Å². The zero-order valence-corrected chi connectivity index (χ0v) is 16.6. The number of carbonyl (C=O) groups excluding carboxylic acids is 1. The molecule has 0 heterocycles. The Hall–Kier alpha value is -2.74. The largest absolute Gasteiger partial charge is 0.497 e. The lowest BCUT2D eigenvalue weighted by molar-refractivity contribution is -0.116. The van der Waals surface area contributed by atoms with Crippen LogP contribution in [0.4, 0.5) is 11.4 Å². The second-order valence-electron chi connectivity index (χ2n) is 5.85. The molecule has 1 atom stereocenters. The van der Waals surface area contributed by atoms with Gasteiger partial charge in [0.05, 0.1) is 31.3 Å². The fourth-order valence-electron chi connectivity index (χ4n) is 2.63. The summed E-state index contributed by atoms with van der Waals surface area (Å²) in [6, 6.07) is 12.5. The van der Waals surface area contributed by atoms with Gasteiger partial charge in [0.25, 0.3) is 0 Å². The first-order valence-electron chi connectivity index (χ1n) is 8.44. The Balaban J connectivity index is 2.30. The van der Waals surface area contributed by atoms with E-state index in [1.54, 1.807) is 48.5 Å². The van der Waals surface area contributed by atoms with Gasteiger partial charge >= 0.3 is 0 Å². The van der Waals surface area contributed by atoms with Gasteiger partial charge in [0, 0.05) is 0 Å². The third-order valence-corrected chi connectivity index (χ3v) is 5.10. The maximum Gasteiger partial charge on any atom is 0.248 e. The van der Waals surface area contributed by atoms with E-state index in [0.717, 1.165) is 10.6 Å². The summed E-state index contributed by atoms with van der Waals surface area (Å²) in [7, 11) is -2.17. The average molecular weight is 392 g/mol. The van der Waals surface area contributed by atoms with Crippen LogP contribution in [0.2, 0.25) is 0 Å². The lowest BCUT2D eigenvalue weighted by Gasteiger charge is -2.28. The maximum absolute atomic E-state index is 12.8. The first-order chi connectivity index (χ1) is 12.8. The lowest BCUT2D eigenvalue weighted by atomic mass is 10.2. The van der Waals surface area contributed by atoms with E-state index in [-0.39, 0.29) is 0 Å². The van der Waals surface area contributed by atoms with Crippen LogP contribution in [0, 0.1) is 0 Å². The number of benzene rings is 2. The molecule has 8 heteroatoms. The van der Waals surface area contributed by atoms with E-state index in [4.69, 9.17) is 9.47 Å². The quantitative estimate of drug-likeness (QED) is 0.747. The first kappa shape index (κ1) is 20.6. The van der Waals surface area contributed by atoms with Crippen LogP contribution in [0.5, 0.6) is 11.5 Å². The summed E-state index contributed by atoms with van der Waals surface area (Å²) >= 11 is 0. The number of carbonyl (C=O) groups is 1. The van der Waals surface area contributed by atoms with E-state index in [1.807, 2.05) is 6.92 Å². The highest BCUT2D eigenvalue weighted by atomic mass is 32.2. The molecule has 2 rings (SSSR count). The van der Waals surface area contributed by atoms with Crippen molar-refractivity contribution in [2.75, 3.05) is 29.6 Å². The van der Waals surface area contributed by atoms with Crippen molar-refractivity contribution in [3.63, 3.8) is 0 Å². The third-order valence-electron chi connectivity index (χ3n) is 3.86. The molecular weight excluding hydrogens is 368 g/mol. The monoisotopic (exact) mass is 392 g/mol. The van der Waals surface area contributed by atoms with Crippen molar-refractivity contribution in [1.82, 2.24) is 0 Å². The molecule has 27 heavy (non-hydrogen) atoms. The van der Waals surface area contributed by atoms with Crippen LogP contribution in [0.15, 0.2) is 48.5 Å². The molecule has 1 N–H and O–H groups in total. The van der Waals surface area contributed by atoms with Crippen molar-refractivity contribution < 1.29 is 22.7 Å². The lowest BCUT2D eigenvalue weighted by Crippen LogP contribution is -2.45. The zero-order valence-electron chi connectivity index (χ0n) is 15.8. The summed E-state index contributed by atoms with van der Waals surface area (Å²) in [6.45, 7) is 3.82. The van der Waals surface area contributed by atoms with Gasteiger partial charge in [-0.15, -0.1) is 0 Å². The Kier molecular flexibility index (Phi) is 6.68. The highest BCUT2D eigenvalue weighted by molar-refractivity contribution is 7.92. The van der Waals surface area contributed by atoms with E-state index < -0.39 is 22.0 Å². The number of hydrogen-bond acceptors (Lipinski definition) is 5. The number of para-hydroxylation sites is 2. The molecule has 0 bridgehead atoms. The van der Waals surface area contributed by atoms with Crippen LogP contribution in [0.25, 0.3) is 0 Å². The van der Waals surface area contributed by atoms with Crippen molar-refractivity contribution in [3.05, 3.63) is 48.5 Å². The molecule has 1 amide bonds.